The highest BCUT2D eigenvalue weighted by Gasteiger charge is 2.56. The van der Waals surface area contributed by atoms with E-state index in [0.29, 0.717) is 17.6 Å². The van der Waals surface area contributed by atoms with Gasteiger partial charge in [-0.25, -0.2) is 0 Å². The van der Waals surface area contributed by atoms with Gasteiger partial charge in [0.2, 0.25) is 11.8 Å². The van der Waals surface area contributed by atoms with Crippen LogP contribution in [0.1, 0.15) is 52.5 Å². The second kappa shape index (κ2) is 16.6. The molecule has 0 radical (unpaired) electrons. The second-order valence-corrected chi connectivity index (χ2v) is 20.1. The summed E-state index contributed by atoms with van der Waals surface area (Å²) in [6.45, 7) is 8.07. The van der Waals surface area contributed by atoms with Crippen molar-refractivity contribution in [1.82, 2.24) is 0 Å². The van der Waals surface area contributed by atoms with Crippen molar-refractivity contribution in [2.24, 2.45) is 17.8 Å². The van der Waals surface area contributed by atoms with E-state index in [1.165, 1.54) is 12.1 Å². The van der Waals surface area contributed by atoms with E-state index in [0.717, 1.165) is 26.4 Å². The zero-order chi connectivity index (χ0) is 39.5. The average Bonchev–Trinajstić information content (AvgIpc) is 3.42. The maximum Gasteiger partial charge on any atom is 0.488 e. The fourth-order valence-corrected chi connectivity index (χ4v) is 13.2. The molecule has 2 aliphatic rings. The van der Waals surface area contributed by atoms with Gasteiger partial charge in [0, 0.05) is 5.92 Å². The first-order chi connectivity index (χ1) is 26.3. The lowest BCUT2D eigenvalue weighted by molar-refractivity contribution is -0.123. The molecule has 0 saturated carbocycles. The first-order valence-electron chi connectivity index (χ1n) is 18.8. The Morgan fingerprint density at radius 2 is 1.55 bits per heavy atom. The van der Waals surface area contributed by atoms with Crippen LogP contribution in [-0.4, -0.2) is 71.9 Å². The molecule has 1 heterocycles. The smallest absolute Gasteiger partial charge is 0.488 e. The van der Waals surface area contributed by atoms with E-state index in [1.807, 2.05) is 55.5 Å². The number of carbonyl (C=O) groups excluding carboxylic acids is 2. The summed E-state index contributed by atoms with van der Waals surface area (Å²) in [6, 6.07) is 33.3. The Balaban J connectivity index is 1.42. The van der Waals surface area contributed by atoms with Crippen LogP contribution in [-0.2, 0) is 14.0 Å². The van der Waals surface area contributed by atoms with Crippen LogP contribution >= 0.6 is 0 Å². The van der Waals surface area contributed by atoms with Crippen molar-refractivity contribution in [2.45, 2.75) is 58.1 Å². The number of hydrogen-bond acceptors (Lipinski definition) is 8. The van der Waals surface area contributed by atoms with Gasteiger partial charge in [0.1, 0.15) is 5.75 Å². The standard InChI is InChI=1S/C44H50BNO8Si/c1-29(23-30-13-11-16-34(48)24-30)21-22-39(49)40-31(28-54-55(44(2,3)4,35-17-7-5-8-18-35)36-19-9-6-10-20-36)25-37-41(38(40)27-47)43(51)46(42(37)50)33-15-12-14-32(26-33)45(52)53/h5-20,23-24,26,37-39,41,47-49,52-53H,21-22,25,27-28H2,1-4H3/b29-23+/t37-,38+,39-,41-/m1/s1. The third-order valence-corrected chi connectivity index (χ3v) is 16.1. The Labute approximate surface area is 324 Å². The number of allylic oxidation sites excluding steroid dienone is 1. The number of phenolic OH excluding ortho intramolecular Hbond substituents is 1. The number of phenols is 1. The van der Waals surface area contributed by atoms with Crippen LogP contribution in [0.5, 0.6) is 5.75 Å². The summed E-state index contributed by atoms with van der Waals surface area (Å²) < 4.78 is 7.35. The Morgan fingerprint density at radius 3 is 2.13 bits per heavy atom. The van der Waals surface area contributed by atoms with Gasteiger partial charge >= 0.3 is 7.12 Å². The van der Waals surface area contributed by atoms with E-state index in [2.05, 4.69) is 45.0 Å². The number of anilines is 1. The SMILES string of the molecule is C/C(=C\c1cccc(O)c1)CC[C@@H](O)C1=C(CO[Si](c2ccccc2)(c2ccccc2)C(C)(C)C)C[C@H]2C(=O)N(c3cccc(B(O)O)c3)C(=O)[C@H]2[C@H]1CO. The Morgan fingerprint density at radius 1 is 0.909 bits per heavy atom. The number of hydrogen-bond donors (Lipinski definition) is 5. The molecule has 1 aliphatic carbocycles. The molecule has 0 spiro atoms. The normalized spacial score (nSPS) is 19.8. The van der Waals surface area contributed by atoms with Crippen LogP contribution in [0.4, 0.5) is 5.69 Å². The lowest BCUT2D eigenvalue weighted by Crippen LogP contribution is -2.66. The van der Waals surface area contributed by atoms with Crippen LogP contribution < -0.4 is 20.7 Å². The first-order valence-corrected chi connectivity index (χ1v) is 20.7. The molecule has 1 saturated heterocycles. The predicted octanol–water partition coefficient (Wildman–Crippen LogP) is 4.31. The lowest BCUT2D eigenvalue weighted by Gasteiger charge is -2.44. The Bertz CT molecular complexity index is 2020. The quantitative estimate of drug-likeness (QED) is 0.0771. The van der Waals surface area contributed by atoms with E-state index in [9.17, 15) is 35.0 Å². The number of carbonyl (C=O) groups is 2. The van der Waals surface area contributed by atoms with Gasteiger partial charge in [0.05, 0.1) is 36.8 Å². The summed E-state index contributed by atoms with van der Waals surface area (Å²) in [5, 5.41) is 54.7. The molecular formula is C44H50BNO8Si. The number of benzene rings is 4. The summed E-state index contributed by atoms with van der Waals surface area (Å²) in [5.74, 6) is -3.42. The molecule has 1 aliphatic heterocycles. The Kier molecular flexibility index (Phi) is 12.1. The van der Waals surface area contributed by atoms with Gasteiger partial charge in [-0.2, -0.15) is 0 Å². The van der Waals surface area contributed by atoms with Crippen molar-refractivity contribution < 1.29 is 39.4 Å². The summed E-state index contributed by atoms with van der Waals surface area (Å²) in [5.41, 5.74) is 3.36. The van der Waals surface area contributed by atoms with Gasteiger partial charge < -0.3 is 29.8 Å². The van der Waals surface area contributed by atoms with E-state index < -0.39 is 57.7 Å². The largest absolute Gasteiger partial charge is 0.508 e. The number of imide groups is 1. The van der Waals surface area contributed by atoms with Gasteiger partial charge in [0.15, 0.2) is 0 Å². The molecule has 5 N–H and O–H groups in total. The number of nitrogens with zero attached hydrogens (tertiary/aromatic N) is 1. The molecule has 286 valence electrons. The van der Waals surface area contributed by atoms with Crippen LogP contribution in [0.2, 0.25) is 5.04 Å². The summed E-state index contributed by atoms with van der Waals surface area (Å²) in [6.07, 6.45) is 1.81. The fraction of sp³-hybridized carbons (Fsp3) is 0.318. The lowest BCUT2D eigenvalue weighted by atomic mass is 9.68. The minimum atomic E-state index is -3.08. The number of aliphatic hydroxyl groups is 2. The highest BCUT2D eigenvalue weighted by molar-refractivity contribution is 6.99. The molecule has 1 fully saturated rings. The molecule has 4 aromatic carbocycles. The minimum absolute atomic E-state index is 0.0746. The van der Waals surface area contributed by atoms with Crippen LogP contribution in [0, 0.1) is 17.8 Å². The van der Waals surface area contributed by atoms with Crippen LogP contribution in [0.25, 0.3) is 6.08 Å². The second-order valence-electron chi connectivity index (χ2n) is 15.8. The molecule has 0 bridgehead atoms. The van der Waals surface area contributed by atoms with Crippen LogP contribution in [0.3, 0.4) is 0 Å². The number of aromatic hydroxyl groups is 1. The van der Waals surface area contributed by atoms with E-state index in [1.54, 1.807) is 30.3 Å². The van der Waals surface area contributed by atoms with Gasteiger partial charge in [0.25, 0.3) is 8.32 Å². The summed E-state index contributed by atoms with van der Waals surface area (Å²) >= 11 is 0. The fourth-order valence-electron chi connectivity index (χ4n) is 8.62. The number of amides is 2. The van der Waals surface area contributed by atoms with E-state index in [4.69, 9.17) is 4.43 Å². The Hall–Kier alpha value is -4.62. The van der Waals surface area contributed by atoms with Crippen molar-refractivity contribution in [3.05, 3.63) is 131 Å². The van der Waals surface area contributed by atoms with Crippen molar-refractivity contribution in [1.29, 1.82) is 0 Å². The van der Waals surface area contributed by atoms with Crippen molar-refractivity contribution in [2.75, 3.05) is 18.1 Å². The molecular weight excluding hydrogens is 709 g/mol. The molecule has 9 nitrogen and oxygen atoms in total. The van der Waals surface area contributed by atoms with Crippen molar-refractivity contribution in [3.63, 3.8) is 0 Å². The zero-order valence-corrected chi connectivity index (χ0v) is 32.8. The van der Waals surface area contributed by atoms with Gasteiger partial charge in [-0.05, 0) is 88.0 Å². The number of aliphatic hydroxyl groups excluding tert-OH is 2. The van der Waals surface area contributed by atoms with Crippen LogP contribution in [0.15, 0.2) is 126 Å². The summed E-state index contributed by atoms with van der Waals surface area (Å²) in [7, 11) is -4.87. The molecule has 0 aromatic heterocycles. The monoisotopic (exact) mass is 759 g/mol. The van der Waals surface area contributed by atoms with E-state index in [-0.39, 0.29) is 41.4 Å². The first kappa shape index (κ1) is 40.1. The summed E-state index contributed by atoms with van der Waals surface area (Å²) in [4.78, 5) is 29.7. The third kappa shape index (κ3) is 8.05. The minimum Gasteiger partial charge on any atom is -0.508 e. The van der Waals surface area contributed by atoms with Crippen molar-refractivity contribution in [3.8, 4) is 5.75 Å². The molecule has 2 amide bonds. The zero-order valence-electron chi connectivity index (χ0n) is 31.8. The molecule has 0 unspecified atom stereocenters. The molecule has 4 atom stereocenters. The molecule has 6 rings (SSSR count). The molecule has 4 aromatic rings. The van der Waals surface area contributed by atoms with E-state index >= 15 is 0 Å². The third-order valence-electron chi connectivity index (χ3n) is 11.1. The molecule has 11 heteroatoms. The maximum absolute atomic E-state index is 14.3. The average molecular weight is 760 g/mol. The van der Waals surface area contributed by atoms with Gasteiger partial charge in [-0.1, -0.05) is 117 Å². The molecule has 55 heavy (non-hydrogen) atoms. The highest BCUT2D eigenvalue weighted by atomic mass is 28.4. The number of fused-ring (bicyclic) bond motifs is 1. The predicted molar refractivity (Wildman–Crippen MR) is 219 cm³/mol. The van der Waals surface area contributed by atoms with Gasteiger partial charge in [-0.3, -0.25) is 14.5 Å². The number of rotatable bonds is 13. The maximum atomic E-state index is 14.3. The highest BCUT2D eigenvalue weighted by Crippen LogP contribution is 2.48. The van der Waals surface area contributed by atoms with Gasteiger partial charge in [-0.15, -0.1) is 0 Å². The topological polar surface area (TPSA) is 148 Å². The van der Waals surface area contributed by atoms with Crippen molar-refractivity contribution >= 4 is 54.8 Å².